The average molecular weight is 407 g/mol. The van der Waals surface area contributed by atoms with Gasteiger partial charge in [0.2, 0.25) is 0 Å². The highest BCUT2D eigenvalue weighted by molar-refractivity contribution is 6.14. The Balaban J connectivity index is 1.78. The Hall–Kier alpha value is -2.83. The summed E-state index contributed by atoms with van der Waals surface area (Å²) in [6.45, 7) is 3.35. The van der Waals surface area contributed by atoms with E-state index in [2.05, 4.69) is 47.4 Å². The number of aromatic nitrogens is 1. The van der Waals surface area contributed by atoms with Gasteiger partial charge in [-0.2, -0.15) is 0 Å². The van der Waals surface area contributed by atoms with Crippen LogP contribution in [0.3, 0.4) is 0 Å². The number of furan rings is 1. The summed E-state index contributed by atoms with van der Waals surface area (Å²) in [5, 5.41) is 5.67. The third-order valence-corrected chi connectivity index (χ3v) is 5.17. The number of fused-ring (bicyclic) bond motifs is 4. The number of benzene rings is 2. The average Bonchev–Trinajstić information content (AvgIpc) is 3.09. The lowest BCUT2D eigenvalue weighted by atomic mass is 10.1. The molecule has 0 aliphatic carbocycles. The molecule has 2 aromatic carbocycles. The van der Waals surface area contributed by atoms with Crippen LogP contribution in [0, 0.1) is 0 Å². The molecule has 0 bridgehead atoms. The third-order valence-electron chi connectivity index (χ3n) is 5.17. The Morgan fingerprint density at radius 3 is 2.47 bits per heavy atom. The van der Waals surface area contributed by atoms with Crippen molar-refractivity contribution in [3.8, 4) is 5.75 Å². The molecule has 2 heterocycles. The molecule has 0 saturated carbocycles. The maximum Gasteiger partial charge on any atom is 0.179 e. The van der Waals surface area contributed by atoms with Gasteiger partial charge in [0.15, 0.2) is 16.9 Å². The molecule has 0 unspecified atom stereocenters. The minimum Gasteiger partial charge on any atom is -0.488 e. The second kappa shape index (κ2) is 8.90. The number of anilines is 1. The highest BCUT2D eigenvalue weighted by Crippen LogP contribution is 2.39. The van der Waals surface area contributed by atoms with E-state index < -0.39 is 0 Å². The van der Waals surface area contributed by atoms with Crippen LogP contribution < -0.4 is 10.1 Å². The fraction of sp³-hybridized carbons (Fsp3) is 0.375. The van der Waals surface area contributed by atoms with Crippen LogP contribution in [0.25, 0.3) is 33.0 Å². The first-order valence-corrected chi connectivity index (χ1v) is 10.4. The Bertz CT molecular complexity index is 1150. The molecule has 4 rings (SSSR count). The van der Waals surface area contributed by atoms with Crippen molar-refractivity contribution in [1.82, 2.24) is 14.8 Å². The normalized spacial score (nSPS) is 11.9. The van der Waals surface area contributed by atoms with E-state index in [1.165, 1.54) is 0 Å². The van der Waals surface area contributed by atoms with Crippen molar-refractivity contribution in [1.29, 1.82) is 0 Å². The number of nitrogens with zero attached hydrogens (tertiary/aromatic N) is 3. The van der Waals surface area contributed by atoms with Gasteiger partial charge in [-0.15, -0.1) is 0 Å². The van der Waals surface area contributed by atoms with Crippen molar-refractivity contribution in [2.75, 3.05) is 59.7 Å². The zero-order valence-corrected chi connectivity index (χ0v) is 18.2. The third kappa shape index (κ3) is 4.20. The fourth-order valence-electron chi connectivity index (χ4n) is 3.62. The topological polar surface area (TPSA) is 53.8 Å². The second-order valence-electron chi connectivity index (χ2n) is 8.15. The summed E-state index contributed by atoms with van der Waals surface area (Å²) in [6, 6.07) is 14.2. The van der Waals surface area contributed by atoms with Gasteiger partial charge in [-0.25, -0.2) is 4.98 Å². The zero-order valence-electron chi connectivity index (χ0n) is 18.2. The Kier molecular flexibility index (Phi) is 6.06. The first kappa shape index (κ1) is 20.4. The monoisotopic (exact) mass is 406 g/mol. The smallest absolute Gasteiger partial charge is 0.179 e. The fourth-order valence-corrected chi connectivity index (χ4v) is 3.62. The molecule has 158 valence electrons. The standard InChI is InChI=1S/C24H30N4O2/c1-27(2)14-8-13-25-21-17-9-5-6-11-19(17)26-22-18-10-7-12-20(23(18)30-24(21)22)29-16-15-28(3)4/h5-7,9-12H,8,13-16H2,1-4H3,(H,25,26). The van der Waals surface area contributed by atoms with Crippen LogP contribution in [0.15, 0.2) is 46.9 Å². The van der Waals surface area contributed by atoms with Crippen molar-refractivity contribution in [3.05, 3.63) is 42.5 Å². The molecule has 6 nitrogen and oxygen atoms in total. The molecule has 2 aromatic heterocycles. The van der Waals surface area contributed by atoms with E-state index in [0.717, 1.165) is 70.5 Å². The molecular weight excluding hydrogens is 376 g/mol. The van der Waals surface area contributed by atoms with Gasteiger partial charge < -0.3 is 24.3 Å². The lowest BCUT2D eigenvalue weighted by Crippen LogP contribution is -2.19. The lowest BCUT2D eigenvalue weighted by Gasteiger charge is -2.12. The minimum absolute atomic E-state index is 0.605. The van der Waals surface area contributed by atoms with Crippen LogP contribution in [0.4, 0.5) is 5.69 Å². The number of rotatable bonds is 9. The summed E-state index contributed by atoms with van der Waals surface area (Å²) in [4.78, 5) is 9.22. The van der Waals surface area contributed by atoms with Gasteiger partial charge in [-0.1, -0.05) is 24.3 Å². The highest BCUT2D eigenvalue weighted by atomic mass is 16.5. The second-order valence-corrected chi connectivity index (χ2v) is 8.15. The van der Waals surface area contributed by atoms with Gasteiger partial charge in [0.25, 0.3) is 0 Å². The summed E-state index contributed by atoms with van der Waals surface area (Å²) in [5.41, 5.74) is 4.38. The number of hydrogen-bond acceptors (Lipinski definition) is 6. The quantitative estimate of drug-likeness (QED) is 0.415. The number of para-hydroxylation sites is 2. The van der Waals surface area contributed by atoms with Gasteiger partial charge in [-0.05, 0) is 59.4 Å². The summed E-state index contributed by atoms with van der Waals surface area (Å²) < 4.78 is 12.4. The number of likely N-dealkylation sites (N-methyl/N-ethyl adjacent to an activating group) is 1. The molecule has 4 aromatic rings. The molecule has 0 fully saturated rings. The van der Waals surface area contributed by atoms with Crippen LogP contribution in [0.5, 0.6) is 5.75 Å². The van der Waals surface area contributed by atoms with Crippen LogP contribution in [0.2, 0.25) is 0 Å². The van der Waals surface area contributed by atoms with Gasteiger partial charge in [0.1, 0.15) is 12.1 Å². The minimum atomic E-state index is 0.605. The largest absolute Gasteiger partial charge is 0.488 e. The van der Waals surface area contributed by atoms with Gasteiger partial charge in [0.05, 0.1) is 16.6 Å². The molecule has 0 atom stereocenters. The highest BCUT2D eigenvalue weighted by Gasteiger charge is 2.18. The van der Waals surface area contributed by atoms with E-state index in [1.54, 1.807) is 0 Å². The van der Waals surface area contributed by atoms with Gasteiger partial charge in [-0.3, -0.25) is 0 Å². The molecule has 1 N–H and O–H groups in total. The van der Waals surface area contributed by atoms with Crippen molar-refractivity contribution >= 4 is 38.7 Å². The summed E-state index contributed by atoms with van der Waals surface area (Å²) >= 11 is 0. The van der Waals surface area contributed by atoms with E-state index in [-0.39, 0.29) is 0 Å². The Labute approximate surface area is 177 Å². The predicted molar refractivity (Wildman–Crippen MR) is 125 cm³/mol. The maximum atomic E-state index is 6.38. The lowest BCUT2D eigenvalue weighted by molar-refractivity contribution is 0.261. The van der Waals surface area contributed by atoms with Crippen LogP contribution in [-0.2, 0) is 0 Å². The molecule has 0 aliphatic heterocycles. The van der Waals surface area contributed by atoms with E-state index in [0.29, 0.717) is 6.61 Å². The van der Waals surface area contributed by atoms with Crippen molar-refractivity contribution in [3.63, 3.8) is 0 Å². The number of ether oxygens (including phenoxy) is 1. The molecule has 0 aliphatic rings. The van der Waals surface area contributed by atoms with Crippen molar-refractivity contribution in [2.24, 2.45) is 0 Å². The summed E-state index contributed by atoms with van der Waals surface area (Å²) in [6.07, 6.45) is 1.05. The molecule has 6 heteroatoms. The van der Waals surface area contributed by atoms with Crippen molar-refractivity contribution in [2.45, 2.75) is 6.42 Å². The van der Waals surface area contributed by atoms with E-state index >= 15 is 0 Å². The summed E-state index contributed by atoms with van der Waals surface area (Å²) in [5.74, 6) is 0.759. The Morgan fingerprint density at radius 1 is 0.900 bits per heavy atom. The van der Waals surface area contributed by atoms with E-state index in [4.69, 9.17) is 14.1 Å². The van der Waals surface area contributed by atoms with Crippen LogP contribution >= 0.6 is 0 Å². The zero-order chi connectivity index (χ0) is 21.1. The molecule has 30 heavy (non-hydrogen) atoms. The van der Waals surface area contributed by atoms with Crippen LogP contribution in [-0.4, -0.2) is 69.2 Å². The first-order chi connectivity index (χ1) is 14.5. The van der Waals surface area contributed by atoms with Gasteiger partial charge in [0, 0.05) is 18.5 Å². The SMILES string of the molecule is CN(C)CCCNc1c2ccccc2nc2c1oc1c(OCCN(C)C)cccc12. The number of pyridine rings is 1. The summed E-state index contributed by atoms with van der Waals surface area (Å²) in [7, 11) is 8.26. The van der Waals surface area contributed by atoms with Crippen molar-refractivity contribution < 1.29 is 9.15 Å². The predicted octanol–water partition coefficient (Wildman–Crippen LogP) is 4.44. The van der Waals surface area contributed by atoms with E-state index in [9.17, 15) is 0 Å². The molecule has 0 spiro atoms. The molecule has 0 saturated heterocycles. The molecule has 0 radical (unpaired) electrons. The number of nitrogens with one attached hydrogen (secondary N) is 1. The maximum absolute atomic E-state index is 6.38. The molecular formula is C24H30N4O2. The van der Waals surface area contributed by atoms with Gasteiger partial charge >= 0.3 is 0 Å². The Morgan fingerprint density at radius 2 is 1.67 bits per heavy atom. The van der Waals surface area contributed by atoms with Crippen LogP contribution in [0.1, 0.15) is 6.42 Å². The first-order valence-electron chi connectivity index (χ1n) is 10.4. The number of hydrogen-bond donors (Lipinski definition) is 1. The molecule has 0 amide bonds. The van der Waals surface area contributed by atoms with E-state index in [1.807, 2.05) is 38.4 Å².